The maximum absolute atomic E-state index is 12.4. The Bertz CT molecular complexity index is 809. The van der Waals surface area contributed by atoms with Crippen molar-refractivity contribution in [3.63, 3.8) is 0 Å². The summed E-state index contributed by atoms with van der Waals surface area (Å²) in [6.45, 7) is 5.23. The molecule has 0 saturated heterocycles. The Hall–Kier alpha value is -2.34. The molecule has 0 aromatic heterocycles. The summed E-state index contributed by atoms with van der Waals surface area (Å²) < 4.78 is 4.99. The Morgan fingerprint density at radius 2 is 1.88 bits per heavy atom. The number of esters is 1. The van der Waals surface area contributed by atoms with Crippen molar-refractivity contribution in [2.45, 2.75) is 26.8 Å². The first-order chi connectivity index (χ1) is 11.5. The van der Waals surface area contributed by atoms with E-state index in [0.29, 0.717) is 16.2 Å². The molecular formula is C18H18N2O3S. The van der Waals surface area contributed by atoms with E-state index in [9.17, 15) is 9.59 Å². The van der Waals surface area contributed by atoms with Crippen molar-refractivity contribution in [3.8, 4) is 0 Å². The van der Waals surface area contributed by atoms with Crippen LogP contribution in [-0.4, -0.2) is 28.9 Å². The Labute approximate surface area is 145 Å². The van der Waals surface area contributed by atoms with Gasteiger partial charge < -0.3 is 9.64 Å². The van der Waals surface area contributed by atoms with Crippen LogP contribution in [0.15, 0.2) is 57.2 Å². The van der Waals surface area contributed by atoms with E-state index < -0.39 is 5.97 Å². The lowest BCUT2D eigenvalue weighted by Crippen LogP contribution is -2.35. The van der Waals surface area contributed by atoms with E-state index in [2.05, 4.69) is 4.99 Å². The Morgan fingerprint density at radius 3 is 2.46 bits per heavy atom. The maximum Gasteiger partial charge on any atom is 0.338 e. The Morgan fingerprint density at radius 1 is 1.21 bits per heavy atom. The van der Waals surface area contributed by atoms with Crippen LogP contribution < -0.4 is 0 Å². The molecule has 124 valence electrons. The molecule has 2 aliphatic rings. The third-order valence-electron chi connectivity index (χ3n) is 4.11. The van der Waals surface area contributed by atoms with Gasteiger partial charge in [0, 0.05) is 5.70 Å². The van der Waals surface area contributed by atoms with Gasteiger partial charge in [-0.3, -0.25) is 4.79 Å². The zero-order chi connectivity index (χ0) is 17.4. The first-order valence-corrected chi connectivity index (χ1v) is 8.39. The predicted molar refractivity (Wildman–Crippen MR) is 94.1 cm³/mol. The largest absolute Gasteiger partial charge is 0.466 e. The number of carbonyl (C=O) groups excluding carboxylic acids is 2. The minimum atomic E-state index is -0.404. The van der Waals surface area contributed by atoms with E-state index in [1.807, 2.05) is 42.2 Å². The zero-order valence-corrected chi connectivity index (χ0v) is 14.8. The smallest absolute Gasteiger partial charge is 0.338 e. The number of carbonyl (C=O) groups is 2. The van der Waals surface area contributed by atoms with Gasteiger partial charge >= 0.3 is 5.97 Å². The van der Waals surface area contributed by atoms with Gasteiger partial charge in [-0.25, -0.2) is 9.79 Å². The van der Waals surface area contributed by atoms with Crippen LogP contribution in [0.2, 0.25) is 0 Å². The van der Waals surface area contributed by atoms with Crippen LogP contribution in [0, 0.1) is 0 Å². The summed E-state index contributed by atoms with van der Waals surface area (Å²) in [4.78, 5) is 31.5. The number of nitrogens with zero attached hydrogens (tertiary/aromatic N) is 2. The standard InChI is InChI=1S/C18H18N2O3S/c1-10-14(17(22)23-4)15(13-8-6-5-7-9-13)20-11(2)16(12(3)21)24-18(20)19-10/h5-9,15H,1-4H3/t15-/m0/s1. The topological polar surface area (TPSA) is 59.0 Å². The number of allylic oxidation sites excluding steroid dienone is 3. The highest BCUT2D eigenvalue weighted by Gasteiger charge is 2.42. The van der Waals surface area contributed by atoms with Crippen LogP contribution in [0.1, 0.15) is 32.4 Å². The lowest BCUT2D eigenvalue weighted by Gasteiger charge is -2.35. The highest BCUT2D eigenvalue weighted by molar-refractivity contribution is 8.18. The molecule has 0 amide bonds. The molecule has 1 aromatic carbocycles. The molecule has 3 rings (SSSR count). The summed E-state index contributed by atoms with van der Waals surface area (Å²) >= 11 is 1.35. The molecule has 2 aliphatic heterocycles. The molecule has 0 unspecified atom stereocenters. The molecule has 0 radical (unpaired) electrons. The van der Waals surface area contributed by atoms with Crippen molar-refractivity contribution in [2.24, 2.45) is 4.99 Å². The number of fused-ring (bicyclic) bond motifs is 1. The lowest BCUT2D eigenvalue weighted by molar-refractivity contribution is -0.136. The van der Waals surface area contributed by atoms with Gasteiger partial charge in [0.05, 0.1) is 29.3 Å². The summed E-state index contributed by atoms with van der Waals surface area (Å²) in [5.74, 6) is -0.406. The average Bonchev–Trinajstić information content (AvgIpc) is 2.90. The minimum absolute atomic E-state index is 0.00122. The van der Waals surface area contributed by atoms with Gasteiger partial charge in [0.2, 0.25) is 0 Å². The average molecular weight is 342 g/mol. The summed E-state index contributed by atoms with van der Waals surface area (Å²) in [5.41, 5.74) is 2.88. The minimum Gasteiger partial charge on any atom is -0.466 e. The van der Waals surface area contributed by atoms with Crippen molar-refractivity contribution in [1.29, 1.82) is 0 Å². The predicted octanol–water partition coefficient (Wildman–Crippen LogP) is 3.41. The molecule has 5 nitrogen and oxygen atoms in total. The summed E-state index contributed by atoms with van der Waals surface area (Å²) in [6, 6.07) is 9.37. The number of amidine groups is 1. The monoisotopic (exact) mass is 342 g/mol. The van der Waals surface area contributed by atoms with E-state index in [1.165, 1.54) is 18.9 Å². The van der Waals surface area contributed by atoms with Crippen molar-refractivity contribution < 1.29 is 14.3 Å². The Kier molecular flexibility index (Phi) is 4.32. The van der Waals surface area contributed by atoms with Crippen LogP contribution in [0.5, 0.6) is 0 Å². The number of thioether (sulfide) groups is 1. The van der Waals surface area contributed by atoms with E-state index in [0.717, 1.165) is 16.4 Å². The number of ketones is 1. The number of benzene rings is 1. The third kappa shape index (κ3) is 2.57. The second-order valence-electron chi connectivity index (χ2n) is 5.64. The number of rotatable bonds is 3. The number of hydrogen-bond acceptors (Lipinski definition) is 6. The van der Waals surface area contributed by atoms with E-state index in [4.69, 9.17) is 4.74 Å². The zero-order valence-electron chi connectivity index (χ0n) is 14.0. The molecular weight excluding hydrogens is 324 g/mol. The van der Waals surface area contributed by atoms with Crippen LogP contribution >= 0.6 is 11.8 Å². The van der Waals surface area contributed by atoms with Gasteiger partial charge in [-0.1, -0.05) is 30.3 Å². The summed E-state index contributed by atoms with van der Waals surface area (Å²) in [7, 11) is 1.37. The fourth-order valence-electron chi connectivity index (χ4n) is 3.03. The highest BCUT2D eigenvalue weighted by atomic mass is 32.2. The first kappa shape index (κ1) is 16.5. The number of methoxy groups -OCH3 is 1. The van der Waals surface area contributed by atoms with E-state index in [-0.39, 0.29) is 11.8 Å². The molecule has 1 atom stereocenters. The second kappa shape index (κ2) is 6.28. The first-order valence-electron chi connectivity index (χ1n) is 7.57. The van der Waals surface area contributed by atoms with Crippen molar-refractivity contribution in [2.75, 3.05) is 7.11 Å². The quantitative estimate of drug-likeness (QED) is 0.788. The van der Waals surface area contributed by atoms with Gasteiger partial charge in [-0.2, -0.15) is 0 Å². The van der Waals surface area contributed by atoms with Crippen molar-refractivity contribution in [3.05, 3.63) is 57.8 Å². The highest BCUT2D eigenvalue weighted by Crippen LogP contribution is 2.46. The van der Waals surface area contributed by atoms with Gasteiger partial charge in [0.15, 0.2) is 11.0 Å². The van der Waals surface area contributed by atoms with Crippen LogP contribution in [0.3, 0.4) is 0 Å². The molecule has 0 N–H and O–H groups in total. The fraction of sp³-hybridized carbons (Fsp3) is 0.278. The molecule has 0 spiro atoms. The molecule has 0 saturated carbocycles. The molecule has 1 aromatic rings. The maximum atomic E-state index is 12.4. The molecule has 2 heterocycles. The number of hydrogen-bond donors (Lipinski definition) is 0. The van der Waals surface area contributed by atoms with Gasteiger partial charge in [-0.15, -0.1) is 0 Å². The molecule has 0 aliphatic carbocycles. The number of ether oxygens (including phenoxy) is 1. The molecule has 0 bridgehead atoms. The van der Waals surface area contributed by atoms with Crippen molar-refractivity contribution >= 4 is 28.7 Å². The summed E-state index contributed by atoms with van der Waals surface area (Å²) in [5, 5.41) is 0.719. The molecule has 24 heavy (non-hydrogen) atoms. The Balaban J connectivity index is 2.21. The lowest BCUT2D eigenvalue weighted by atomic mass is 9.94. The van der Waals surface area contributed by atoms with Crippen LogP contribution in [0.4, 0.5) is 0 Å². The van der Waals surface area contributed by atoms with E-state index in [1.54, 1.807) is 13.8 Å². The van der Waals surface area contributed by atoms with E-state index >= 15 is 0 Å². The van der Waals surface area contributed by atoms with Gasteiger partial charge in [0.25, 0.3) is 0 Å². The number of aliphatic imine (C=N–C) groups is 1. The third-order valence-corrected chi connectivity index (χ3v) is 5.37. The SMILES string of the molecule is COC(=O)C1=C(C)N=C2SC(C(C)=O)=C(C)N2[C@H]1c1ccccc1. The van der Waals surface area contributed by atoms with Crippen LogP contribution in [0.25, 0.3) is 0 Å². The molecule has 6 heteroatoms. The second-order valence-corrected chi connectivity index (χ2v) is 6.62. The van der Waals surface area contributed by atoms with Gasteiger partial charge in [-0.05, 0) is 38.1 Å². The summed E-state index contributed by atoms with van der Waals surface area (Å²) in [6.07, 6.45) is 0. The van der Waals surface area contributed by atoms with Crippen LogP contribution in [-0.2, 0) is 14.3 Å². The fourth-order valence-corrected chi connectivity index (χ4v) is 4.12. The number of Topliss-reactive ketones (excluding diaryl/α,β-unsaturated/α-hetero) is 1. The van der Waals surface area contributed by atoms with Gasteiger partial charge in [0.1, 0.15) is 0 Å². The molecule has 0 fully saturated rings. The van der Waals surface area contributed by atoms with Crippen molar-refractivity contribution in [1.82, 2.24) is 4.90 Å². The normalized spacial score (nSPS) is 20.1.